The first-order valence-electron chi connectivity index (χ1n) is 6.97. The zero-order chi connectivity index (χ0) is 15.6. The van der Waals surface area contributed by atoms with Gasteiger partial charge in [0, 0.05) is 26.7 Å². The van der Waals surface area contributed by atoms with Gasteiger partial charge in [-0.1, -0.05) is 0 Å². The fourth-order valence-corrected chi connectivity index (χ4v) is 2.83. The van der Waals surface area contributed by atoms with Crippen LogP contribution in [0.3, 0.4) is 0 Å². The van der Waals surface area contributed by atoms with Crippen molar-refractivity contribution in [2.24, 2.45) is 5.41 Å². The number of rotatable bonds is 2. The number of urea groups is 1. The van der Waals surface area contributed by atoms with Crippen molar-refractivity contribution < 1.29 is 24.2 Å². The fourth-order valence-electron chi connectivity index (χ4n) is 2.83. The SMILES string of the molecule is CNC(=O)C1(C)CCN(C(=O)N2CCOCC2C(=O)O)C1. The van der Waals surface area contributed by atoms with E-state index in [1.807, 2.05) is 6.92 Å². The first-order chi connectivity index (χ1) is 9.89. The number of nitrogens with one attached hydrogen (secondary N) is 1. The number of ether oxygens (including phenoxy) is 1. The van der Waals surface area contributed by atoms with E-state index in [2.05, 4.69) is 5.32 Å². The summed E-state index contributed by atoms with van der Waals surface area (Å²) in [6.07, 6.45) is 0.570. The van der Waals surface area contributed by atoms with Crippen molar-refractivity contribution in [3.05, 3.63) is 0 Å². The Bertz CT molecular complexity index is 455. The molecule has 21 heavy (non-hydrogen) atoms. The van der Waals surface area contributed by atoms with Crippen LogP contribution >= 0.6 is 0 Å². The highest BCUT2D eigenvalue weighted by atomic mass is 16.5. The topological polar surface area (TPSA) is 99.2 Å². The normalized spacial score (nSPS) is 29.3. The Morgan fingerprint density at radius 1 is 1.33 bits per heavy atom. The third-order valence-electron chi connectivity index (χ3n) is 4.18. The van der Waals surface area contributed by atoms with Crippen LogP contribution in [-0.4, -0.2) is 78.8 Å². The van der Waals surface area contributed by atoms with E-state index in [4.69, 9.17) is 4.74 Å². The molecule has 0 saturated carbocycles. The highest BCUT2D eigenvalue weighted by Gasteiger charge is 2.44. The first kappa shape index (κ1) is 15.6. The molecule has 2 aliphatic rings. The van der Waals surface area contributed by atoms with E-state index >= 15 is 0 Å². The summed E-state index contributed by atoms with van der Waals surface area (Å²) in [5.74, 6) is -1.18. The maximum atomic E-state index is 12.5. The predicted octanol–water partition coefficient (Wildman–Crippen LogP) is -0.650. The average Bonchev–Trinajstić information content (AvgIpc) is 2.89. The number of carboxylic acid groups (broad SMARTS) is 1. The number of morpholine rings is 1. The Hall–Kier alpha value is -1.83. The van der Waals surface area contributed by atoms with Gasteiger partial charge in [0.2, 0.25) is 5.91 Å². The second-order valence-electron chi connectivity index (χ2n) is 5.72. The predicted molar refractivity (Wildman–Crippen MR) is 72.7 cm³/mol. The fraction of sp³-hybridized carbons (Fsp3) is 0.769. The van der Waals surface area contributed by atoms with E-state index in [9.17, 15) is 19.5 Å². The lowest BCUT2D eigenvalue weighted by atomic mass is 9.89. The van der Waals surface area contributed by atoms with E-state index in [-0.39, 0.29) is 25.1 Å². The minimum Gasteiger partial charge on any atom is -0.480 e. The summed E-state index contributed by atoms with van der Waals surface area (Å²) in [6, 6.07) is -1.29. The summed E-state index contributed by atoms with van der Waals surface area (Å²) >= 11 is 0. The number of carboxylic acids is 1. The second-order valence-corrected chi connectivity index (χ2v) is 5.72. The van der Waals surface area contributed by atoms with E-state index in [1.165, 1.54) is 4.90 Å². The number of likely N-dealkylation sites (tertiary alicyclic amines) is 1. The van der Waals surface area contributed by atoms with E-state index in [0.717, 1.165) is 0 Å². The van der Waals surface area contributed by atoms with Gasteiger partial charge in [0.15, 0.2) is 6.04 Å². The molecule has 0 radical (unpaired) electrons. The van der Waals surface area contributed by atoms with Gasteiger partial charge in [-0.05, 0) is 13.3 Å². The quantitative estimate of drug-likeness (QED) is 0.706. The van der Waals surface area contributed by atoms with Crippen molar-refractivity contribution in [3.8, 4) is 0 Å². The monoisotopic (exact) mass is 299 g/mol. The van der Waals surface area contributed by atoms with Crippen molar-refractivity contribution in [2.75, 3.05) is 39.9 Å². The maximum absolute atomic E-state index is 12.5. The molecule has 0 aliphatic carbocycles. The lowest BCUT2D eigenvalue weighted by Gasteiger charge is -2.36. The number of carbonyl (C=O) groups is 3. The van der Waals surface area contributed by atoms with Gasteiger partial charge >= 0.3 is 12.0 Å². The number of carbonyl (C=O) groups excluding carboxylic acids is 2. The van der Waals surface area contributed by atoms with Gasteiger partial charge in [-0.15, -0.1) is 0 Å². The molecular weight excluding hydrogens is 278 g/mol. The third kappa shape index (κ3) is 2.94. The van der Waals surface area contributed by atoms with Crippen molar-refractivity contribution in [1.82, 2.24) is 15.1 Å². The molecule has 0 aromatic heterocycles. The summed E-state index contributed by atoms with van der Waals surface area (Å²) in [5, 5.41) is 11.8. The molecule has 2 heterocycles. The van der Waals surface area contributed by atoms with Crippen LogP contribution in [0.4, 0.5) is 4.79 Å². The van der Waals surface area contributed by atoms with Gasteiger partial charge in [0.05, 0.1) is 18.6 Å². The molecule has 2 aliphatic heterocycles. The Labute approximate surface area is 123 Å². The lowest BCUT2D eigenvalue weighted by molar-refractivity contribution is -0.147. The molecule has 0 aromatic rings. The summed E-state index contributed by atoms with van der Waals surface area (Å²) in [7, 11) is 1.57. The minimum absolute atomic E-state index is 0.00161. The number of nitrogens with zero attached hydrogens (tertiary/aromatic N) is 2. The summed E-state index contributed by atoms with van der Waals surface area (Å²) in [6.45, 7) is 3.15. The molecule has 2 rings (SSSR count). The number of hydrogen-bond donors (Lipinski definition) is 2. The van der Waals surface area contributed by atoms with E-state index in [0.29, 0.717) is 26.1 Å². The molecule has 2 atom stereocenters. The number of hydrogen-bond acceptors (Lipinski definition) is 4. The van der Waals surface area contributed by atoms with Crippen LogP contribution in [0.2, 0.25) is 0 Å². The Kier molecular flexibility index (Phi) is 4.36. The largest absolute Gasteiger partial charge is 0.480 e. The summed E-state index contributed by atoms with van der Waals surface area (Å²) in [4.78, 5) is 38.5. The van der Waals surface area contributed by atoms with Crippen LogP contribution < -0.4 is 5.32 Å². The van der Waals surface area contributed by atoms with Gasteiger partial charge in [-0.3, -0.25) is 4.79 Å². The summed E-state index contributed by atoms with van der Waals surface area (Å²) < 4.78 is 5.13. The van der Waals surface area contributed by atoms with Crippen LogP contribution in [0.25, 0.3) is 0 Å². The number of amides is 3. The number of aliphatic carboxylic acids is 1. The molecule has 0 bridgehead atoms. The maximum Gasteiger partial charge on any atom is 0.328 e. The molecule has 2 fully saturated rings. The molecule has 2 unspecified atom stereocenters. The van der Waals surface area contributed by atoms with Crippen molar-refractivity contribution in [3.63, 3.8) is 0 Å². The van der Waals surface area contributed by atoms with Crippen molar-refractivity contribution in [2.45, 2.75) is 19.4 Å². The average molecular weight is 299 g/mol. The van der Waals surface area contributed by atoms with Gasteiger partial charge < -0.3 is 25.0 Å². The molecule has 3 amide bonds. The first-order valence-corrected chi connectivity index (χ1v) is 6.97. The van der Waals surface area contributed by atoms with Gasteiger partial charge in [-0.25, -0.2) is 9.59 Å². The van der Waals surface area contributed by atoms with Gasteiger partial charge in [-0.2, -0.15) is 0 Å². The molecule has 8 nitrogen and oxygen atoms in total. The highest BCUT2D eigenvalue weighted by molar-refractivity contribution is 5.86. The molecule has 2 N–H and O–H groups in total. The molecular formula is C13H21N3O5. The molecule has 8 heteroatoms. The standard InChI is InChI=1S/C13H21N3O5/c1-13(11(19)14-2)3-4-15(8-13)12(20)16-5-6-21-7-9(16)10(17)18/h9H,3-8H2,1-2H3,(H,14,19)(H,17,18). The van der Waals surface area contributed by atoms with E-state index in [1.54, 1.807) is 11.9 Å². The second kappa shape index (κ2) is 5.88. The van der Waals surface area contributed by atoms with Crippen molar-refractivity contribution >= 4 is 17.9 Å². The Morgan fingerprint density at radius 2 is 2.05 bits per heavy atom. The van der Waals surface area contributed by atoms with Crippen molar-refractivity contribution in [1.29, 1.82) is 0 Å². The van der Waals surface area contributed by atoms with E-state index < -0.39 is 17.4 Å². The zero-order valence-electron chi connectivity index (χ0n) is 12.3. The third-order valence-corrected chi connectivity index (χ3v) is 4.18. The lowest BCUT2D eigenvalue weighted by Crippen LogP contribution is -2.56. The van der Waals surface area contributed by atoms with Crippen LogP contribution in [-0.2, 0) is 14.3 Å². The molecule has 2 saturated heterocycles. The van der Waals surface area contributed by atoms with Crippen LogP contribution in [0.1, 0.15) is 13.3 Å². The minimum atomic E-state index is -1.07. The van der Waals surface area contributed by atoms with Gasteiger partial charge in [0.1, 0.15) is 0 Å². The van der Waals surface area contributed by atoms with Gasteiger partial charge in [0.25, 0.3) is 0 Å². The smallest absolute Gasteiger partial charge is 0.328 e. The Balaban J connectivity index is 2.07. The zero-order valence-corrected chi connectivity index (χ0v) is 12.3. The highest BCUT2D eigenvalue weighted by Crippen LogP contribution is 2.31. The molecule has 0 spiro atoms. The van der Waals surface area contributed by atoms with Crippen LogP contribution in [0, 0.1) is 5.41 Å². The molecule has 0 aromatic carbocycles. The Morgan fingerprint density at radius 3 is 2.67 bits per heavy atom. The summed E-state index contributed by atoms with van der Waals surface area (Å²) in [5.41, 5.74) is -0.616. The van der Waals surface area contributed by atoms with Crippen LogP contribution in [0.15, 0.2) is 0 Å². The molecule has 118 valence electrons. The van der Waals surface area contributed by atoms with Crippen LogP contribution in [0.5, 0.6) is 0 Å².